The second-order valence-electron chi connectivity index (χ2n) is 4.35. The van der Waals surface area contributed by atoms with Gasteiger partial charge >= 0.3 is 0 Å². The first-order valence-electron chi connectivity index (χ1n) is 5.65. The lowest BCUT2D eigenvalue weighted by molar-refractivity contribution is 0.293. The van der Waals surface area contributed by atoms with Gasteiger partial charge in [0.15, 0.2) is 0 Å². The first-order valence-corrected chi connectivity index (χ1v) is 5.65. The van der Waals surface area contributed by atoms with Gasteiger partial charge in [0.05, 0.1) is 0 Å². The summed E-state index contributed by atoms with van der Waals surface area (Å²) in [6.45, 7) is 3.34. The van der Waals surface area contributed by atoms with Crippen LogP contribution in [0.1, 0.15) is 18.4 Å². The van der Waals surface area contributed by atoms with Crippen molar-refractivity contribution in [3.8, 4) is 0 Å². The highest BCUT2D eigenvalue weighted by molar-refractivity contribution is 5.09. The molecule has 2 rings (SSSR count). The lowest BCUT2D eigenvalue weighted by atomic mass is 10.2. The SMILES string of the molecule is CN(Cc1ccncc1)CC1CCCN1. The van der Waals surface area contributed by atoms with Crippen molar-refractivity contribution in [2.75, 3.05) is 20.1 Å². The number of nitrogens with zero attached hydrogens (tertiary/aromatic N) is 2. The number of aromatic nitrogens is 1. The van der Waals surface area contributed by atoms with Crippen molar-refractivity contribution in [1.29, 1.82) is 0 Å². The number of nitrogens with one attached hydrogen (secondary N) is 1. The Hall–Kier alpha value is -0.930. The molecule has 3 heteroatoms. The molecule has 0 radical (unpaired) electrons. The highest BCUT2D eigenvalue weighted by Gasteiger charge is 2.15. The molecule has 1 aromatic heterocycles. The summed E-state index contributed by atoms with van der Waals surface area (Å²) in [5.74, 6) is 0. The maximum atomic E-state index is 4.03. The number of hydrogen-bond donors (Lipinski definition) is 1. The van der Waals surface area contributed by atoms with Crippen molar-refractivity contribution in [2.24, 2.45) is 0 Å². The predicted octanol–water partition coefficient (Wildman–Crippen LogP) is 1.27. The minimum absolute atomic E-state index is 0.692. The van der Waals surface area contributed by atoms with Crippen LogP contribution in [0.15, 0.2) is 24.5 Å². The lowest BCUT2D eigenvalue weighted by Crippen LogP contribution is -2.34. The van der Waals surface area contributed by atoms with Crippen molar-refractivity contribution >= 4 is 0 Å². The van der Waals surface area contributed by atoms with E-state index in [9.17, 15) is 0 Å². The topological polar surface area (TPSA) is 28.2 Å². The summed E-state index contributed by atoms with van der Waals surface area (Å²) < 4.78 is 0. The van der Waals surface area contributed by atoms with Crippen LogP contribution in [0.5, 0.6) is 0 Å². The summed E-state index contributed by atoms with van der Waals surface area (Å²) in [7, 11) is 2.18. The standard InChI is InChI=1S/C12H19N3/c1-15(10-12-3-2-6-14-12)9-11-4-7-13-8-5-11/h4-5,7-8,12,14H,2-3,6,9-10H2,1H3. The van der Waals surface area contributed by atoms with Crippen molar-refractivity contribution in [2.45, 2.75) is 25.4 Å². The van der Waals surface area contributed by atoms with Gasteiger partial charge in [-0.15, -0.1) is 0 Å². The highest BCUT2D eigenvalue weighted by atomic mass is 15.1. The fourth-order valence-electron chi connectivity index (χ4n) is 2.15. The Labute approximate surface area is 91.5 Å². The van der Waals surface area contributed by atoms with E-state index in [0.717, 1.165) is 13.1 Å². The van der Waals surface area contributed by atoms with E-state index in [4.69, 9.17) is 0 Å². The summed E-state index contributed by atoms with van der Waals surface area (Å²) in [4.78, 5) is 6.40. The second kappa shape index (κ2) is 5.24. The van der Waals surface area contributed by atoms with E-state index in [1.807, 2.05) is 12.4 Å². The predicted molar refractivity (Wildman–Crippen MR) is 61.6 cm³/mol. The molecule has 82 valence electrons. The average Bonchev–Trinajstić information content (AvgIpc) is 2.71. The molecule has 1 atom stereocenters. The van der Waals surface area contributed by atoms with Crippen LogP contribution >= 0.6 is 0 Å². The Bertz CT molecular complexity index is 280. The third-order valence-corrected chi connectivity index (χ3v) is 2.90. The van der Waals surface area contributed by atoms with Gasteiger partial charge in [-0.1, -0.05) is 0 Å². The second-order valence-corrected chi connectivity index (χ2v) is 4.35. The molecule has 15 heavy (non-hydrogen) atoms. The van der Waals surface area contributed by atoms with Crippen LogP contribution in [-0.4, -0.2) is 36.1 Å². The molecule has 1 unspecified atom stereocenters. The number of hydrogen-bond acceptors (Lipinski definition) is 3. The van der Waals surface area contributed by atoms with E-state index in [1.165, 1.54) is 24.9 Å². The highest BCUT2D eigenvalue weighted by Crippen LogP contribution is 2.08. The molecule has 1 aliphatic rings. The van der Waals surface area contributed by atoms with Crippen LogP contribution in [0.2, 0.25) is 0 Å². The van der Waals surface area contributed by atoms with E-state index in [-0.39, 0.29) is 0 Å². The van der Waals surface area contributed by atoms with Crippen molar-refractivity contribution in [3.63, 3.8) is 0 Å². The Balaban J connectivity index is 1.79. The quantitative estimate of drug-likeness (QED) is 0.802. The minimum atomic E-state index is 0.692. The van der Waals surface area contributed by atoms with Crippen LogP contribution in [0.3, 0.4) is 0 Å². The number of rotatable bonds is 4. The summed E-state index contributed by atoms with van der Waals surface area (Å²) >= 11 is 0. The number of pyridine rings is 1. The van der Waals surface area contributed by atoms with E-state index in [2.05, 4.69) is 34.4 Å². The van der Waals surface area contributed by atoms with Crippen molar-refractivity contribution < 1.29 is 0 Å². The lowest BCUT2D eigenvalue weighted by Gasteiger charge is -2.20. The Morgan fingerprint density at radius 2 is 2.27 bits per heavy atom. The third kappa shape index (κ3) is 3.29. The Morgan fingerprint density at radius 1 is 1.47 bits per heavy atom. The van der Waals surface area contributed by atoms with Crippen LogP contribution in [-0.2, 0) is 6.54 Å². The van der Waals surface area contributed by atoms with E-state index in [0.29, 0.717) is 6.04 Å². The molecule has 0 bridgehead atoms. The summed E-state index contributed by atoms with van der Waals surface area (Å²) in [5.41, 5.74) is 1.34. The summed E-state index contributed by atoms with van der Waals surface area (Å²) in [5, 5.41) is 3.52. The molecule has 0 aliphatic carbocycles. The van der Waals surface area contributed by atoms with Gasteiger partial charge in [-0.25, -0.2) is 0 Å². The Morgan fingerprint density at radius 3 is 2.93 bits per heavy atom. The van der Waals surface area contributed by atoms with Gasteiger partial charge in [0, 0.05) is 31.5 Å². The normalized spacial score (nSPS) is 21.1. The first-order chi connectivity index (χ1) is 7.34. The van der Waals surface area contributed by atoms with Gasteiger partial charge in [-0.2, -0.15) is 0 Å². The molecule has 1 saturated heterocycles. The zero-order valence-electron chi connectivity index (χ0n) is 9.32. The molecular weight excluding hydrogens is 186 g/mol. The van der Waals surface area contributed by atoms with Gasteiger partial charge in [-0.3, -0.25) is 4.98 Å². The largest absolute Gasteiger partial charge is 0.313 e. The van der Waals surface area contributed by atoms with Gasteiger partial charge in [0.2, 0.25) is 0 Å². The molecule has 1 aromatic rings. The van der Waals surface area contributed by atoms with Gasteiger partial charge in [0.1, 0.15) is 0 Å². The molecule has 1 N–H and O–H groups in total. The maximum absolute atomic E-state index is 4.03. The number of likely N-dealkylation sites (N-methyl/N-ethyl adjacent to an activating group) is 1. The smallest absolute Gasteiger partial charge is 0.0271 e. The van der Waals surface area contributed by atoms with Crippen LogP contribution < -0.4 is 5.32 Å². The summed E-state index contributed by atoms with van der Waals surface area (Å²) in [6.07, 6.45) is 6.36. The molecule has 0 spiro atoms. The maximum Gasteiger partial charge on any atom is 0.0271 e. The zero-order chi connectivity index (χ0) is 10.5. The molecule has 0 saturated carbocycles. The fraction of sp³-hybridized carbons (Fsp3) is 0.583. The van der Waals surface area contributed by atoms with E-state index >= 15 is 0 Å². The van der Waals surface area contributed by atoms with E-state index < -0.39 is 0 Å². The molecule has 0 aromatic carbocycles. The Kier molecular flexibility index (Phi) is 3.69. The van der Waals surface area contributed by atoms with Crippen LogP contribution in [0.25, 0.3) is 0 Å². The first kappa shape index (κ1) is 10.6. The van der Waals surface area contributed by atoms with Crippen LogP contribution in [0, 0.1) is 0 Å². The van der Waals surface area contributed by atoms with Gasteiger partial charge in [0.25, 0.3) is 0 Å². The van der Waals surface area contributed by atoms with E-state index in [1.54, 1.807) is 0 Å². The molecule has 3 nitrogen and oxygen atoms in total. The molecular formula is C12H19N3. The van der Waals surface area contributed by atoms with Gasteiger partial charge < -0.3 is 10.2 Å². The molecule has 1 fully saturated rings. The van der Waals surface area contributed by atoms with Crippen molar-refractivity contribution in [1.82, 2.24) is 15.2 Å². The molecule has 0 amide bonds. The van der Waals surface area contributed by atoms with Crippen molar-refractivity contribution in [3.05, 3.63) is 30.1 Å². The molecule has 2 heterocycles. The van der Waals surface area contributed by atoms with Crippen LogP contribution in [0.4, 0.5) is 0 Å². The zero-order valence-corrected chi connectivity index (χ0v) is 9.32. The monoisotopic (exact) mass is 205 g/mol. The fourth-order valence-corrected chi connectivity index (χ4v) is 2.15. The summed E-state index contributed by atoms with van der Waals surface area (Å²) in [6, 6.07) is 4.86. The average molecular weight is 205 g/mol. The third-order valence-electron chi connectivity index (χ3n) is 2.90. The van der Waals surface area contributed by atoms with Gasteiger partial charge in [-0.05, 0) is 44.1 Å². The molecule has 1 aliphatic heterocycles. The minimum Gasteiger partial charge on any atom is -0.313 e.